The summed E-state index contributed by atoms with van der Waals surface area (Å²) >= 11 is 0. The van der Waals surface area contributed by atoms with E-state index in [9.17, 15) is 9.90 Å². The molecule has 0 aliphatic rings. The number of hydrogen-bond donors (Lipinski definition) is 3. The number of β-amino-alcohol motifs (C(OH)–C–C–N with tert-alkyl or cyclic N) is 1. The number of rotatable bonds is 7. The van der Waals surface area contributed by atoms with E-state index in [1.54, 1.807) is 12.3 Å². The zero-order chi connectivity index (χ0) is 16.0. The topological polar surface area (TPSA) is 65.1 Å². The van der Waals surface area contributed by atoms with Crippen LogP contribution in [0, 0.1) is 0 Å². The molecule has 1 aromatic carbocycles. The second-order valence-electron chi connectivity index (χ2n) is 6.25. The maximum atomic E-state index is 11.0. The summed E-state index contributed by atoms with van der Waals surface area (Å²) in [4.78, 5) is 13.6. The zero-order valence-corrected chi connectivity index (χ0v) is 13.2. The van der Waals surface area contributed by atoms with Gasteiger partial charge < -0.3 is 15.4 Å². The van der Waals surface area contributed by atoms with Gasteiger partial charge in [-0.3, -0.25) is 4.79 Å². The van der Waals surface area contributed by atoms with Crippen LogP contribution in [0.15, 0.2) is 53.5 Å². The Morgan fingerprint density at radius 1 is 1.18 bits per heavy atom. The van der Waals surface area contributed by atoms with Crippen LogP contribution in [0.25, 0.3) is 0 Å². The first-order chi connectivity index (χ1) is 10.5. The highest BCUT2D eigenvalue weighted by molar-refractivity contribution is 5.15. The predicted octanol–water partition coefficient (Wildman–Crippen LogP) is 2.41. The molecule has 1 unspecified atom stereocenters. The molecule has 0 saturated heterocycles. The first-order valence-electron chi connectivity index (χ1n) is 7.62. The van der Waals surface area contributed by atoms with Crippen molar-refractivity contribution < 1.29 is 5.11 Å². The summed E-state index contributed by atoms with van der Waals surface area (Å²) in [6, 6.07) is 13.5. The lowest BCUT2D eigenvalue weighted by molar-refractivity contribution is 0.159. The van der Waals surface area contributed by atoms with Gasteiger partial charge in [0.25, 0.3) is 0 Å². The molecule has 4 heteroatoms. The van der Waals surface area contributed by atoms with Crippen LogP contribution in [0.3, 0.4) is 0 Å². The molecular formula is C18H24N2O2. The standard InChI is InChI=1S/C18H24N2O2/c1-18(2,11-10-14-6-4-3-5-7-14)20-13-16(21)15-8-9-17(22)19-12-15/h3-9,12,16,20-21H,10-11,13H2,1-2H3,(H,19,22). The minimum absolute atomic E-state index is 0.0704. The number of aryl methyl sites for hydroxylation is 1. The SMILES string of the molecule is CC(C)(CCc1ccccc1)NCC(O)c1ccc(=O)[nH]c1. The average molecular weight is 300 g/mol. The Kier molecular flexibility index (Phi) is 5.52. The fraction of sp³-hybridized carbons (Fsp3) is 0.389. The van der Waals surface area contributed by atoms with Crippen LogP contribution in [-0.2, 0) is 6.42 Å². The predicted molar refractivity (Wildman–Crippen MR) is 88.9 cm³/mol. The summed E-state index contributed by atoms with van der Waals surface area (Å²) in [5.41, 5.74) is 1.80. The molecule has 2 aromatic rings. The molecule has 0 radical (unpaired) electrons. The van der Waals surface area contributed by atoms with E-state index in [1.807, 2.05) is 6.07 Å². The molecule has 1 heterocycles. The largest absolute Gasteiger partial charge is 0.387 e. The molecule has 0 aliphatic heterocycles. The molecule has 0 fully saturated rings. The fourth-order valence-electron chi connectivity index (χ4n) is 2.31. The molecule has 2 rings (SSSR count). The first-order valence-corrected chi connectivity index (χ1v) is 7.62. The molecule has 0 amide bonds. The van der Waals surface area contributed by atoms with Gasteiger partial charge in [0.1, 0.15) is 0 Å². The third-order valence-corrected chi connectivity index (χ3v) is 3.85. The van der Waals surface area contributed by atoms with Gasteiger partial charge in [-0.1, -0.05) is 30.3 Å². The quantitative estimate of drug-likeness (QED) is 0.736. The Morgan fingerprint density at radius 2 is 1.91 bits per heavy atom. The maximum absolute atomic E-state index is 11.0. The van der Waals surface area contributed by atoms with Crippen molar-refractivity contribution in [3.8, 4) is 0 Å². The van der Waals surface area contributed by atoms with E-state index >= 15 is 0 Å². The fourth-order valence-corrected chi connectivity index (χ4v) is 2.31. The van der Waals surface area contributed by atoms with Crippen LogP contribution >= 0.6 is 0 Å². The van der Waals surface area contributed by atoms with E-state index in [2.05, 4.69) is 48.4 Å². The molecule has 1 atom stereocenters. The number of hydrogen-bond acceptors (Lipinski definition) is 3. The van der Waals surface area contributed by atoms with E-state index in [4.69, 9.17) is 0 Å². The van der Waals surface area contributed by atoms with E-state index in [-0.39, 0.29) is 11.1 Å². The van der Waals surface area contributed by atoms with Crippen molar-refractivity contribution in [1.82, 2.24) is 10.3 Å². The third kappa shape index (κ3) is 5.13. The molecule has 0 saturated carbocycles. The van der Waals surface area contributed by atoms with E-state index < -0.39 is 6.10 Å². The first kappa shape index (κ1) is 16.5. The summed E-state index contributed by atoms with van der Waals surface area (Å²) < 4.78 is 0. The summed E-state index contributed by atoms with van der Waals surface area (Å²) in [6.45, 7) is 4.72. The molecule has 3 N–H and O–H groups in total. The summed E-state index contributed by atoms with van der Waals surface area (Å²) in [6.07, 6.45) is 2.91. The lowest BCUT2D eigenvalue weighted by atomic mass is 9.95. The number of H-pyrrole nitrogens is 1. The lowest BCUT2D eigenvalue weighted by Gasteiger charge is -2.28. The number of pyridine rings is 1. The number of aromatic amines is 1. The molecule has 0 bridgehead atoms. The van der Waals surface area contributed by atoms with Gasteiger partial charge in [0.2, 0.25) is 5.56 Å². The van der Waals surface area contributed by atoms with Crippen LogP contribution < -0.4 is 10.9 Å². The van der Waals surface area contributed by atoms with Gasteiger partial charge >= 0.3 is 0 Å². The minimum atomic E-state index is -0.632. The monoisotopic (exact) mass is 300 g/mol. The molecule has 118 valence electrons. The van der Waals surface area contributed by atoms with Gasteiger partial charge in [-0.15, -0.1) is 0 Å². The van der Waals surface area contributed by atoms with Gasteiger partial charge in [-0.25, -0.2) is 0 Å². The lowest BCUT2D eigenvalue weighted by Crippen LogP contribution is -2.42. The second kappa shape index (κ2) is 7.38. The van der Waals surface area contributed by atoms with Crippen molar-refractivity contribution in [2.45, 2.75) is 38.3 Å². The molecule has 0 spiro atoms. The number of aromatic nitrogens is 1. The summed E-state index contributed by atoms with van der Waals surface area (Å²) in [7, 11) is 0. The van der Waals surface area contributed by atoms with Gasteiger partial charge in [-0.2, -0.15) is 0 Å². The third-order valence-electron chi connectivity index (χ3n) is 3.85. The van der Waals surface area contributed by atoms with Crippen LogP contribution in [0.4, 0.5) is 0 Å². The Hall–Kier alpha value is -1.91. The number of nitrogens with one attached hydrogen (secondary N) is 2. The van der Waals surface area contributed by atoms with Gasteiger partial charge in [-0.05, 0) is 43.9 Å². The van der Waals surface area contributed by atoms with E-state index in [1.165, 1.54) is 11.6 Å². The molecular weight excluding hydrogens is 276 g/mol. The Balaban J connectivity index is 1.83. The zero-order valence-electron chi connectivity index (χ0n) is 13.2. The van der Waals surface area contributed by atoms with Crippen molar-refractivity contribution in [2.24, 2.45) is 0 Å². The van der Waals surface area contributed by atoms with Gasteiger partial charge in [0.05, 0.1) is 6.10 Å². The Labute approximate surface area is 131 Å². The summed E-state index contributed by atoms with van der Waals surface area (Å²) in [5.74, 6) is 0. The van der Waals surface area contributed by atoms with Crippen LogP contribution in [0.2, 0.25) is 0 Å². The normalized spacial score (nSPS) is 13.0. The summed E-state index contributed by atoms with van der Waals surface area (Å²) in [5, 5.41) is 13.6. The molecule has 4 nitrogen and oxygen atoms in total. The number of benzene rings is 1. The van der Waals surface area contributed by atoms with Crippen molar-refractivity contribution >= 4 is 0 Å². The highest BCUT2D eigenvalue weighted by Crippen LogP contribution is 2.16. The van der Waals surface area contributed by atoms with Crippen molar-refractivity contribution in [2.75, 3.05) is 6.54 Å². The van der Waals surface area contributed by atoms with Crippen LogP contribution in [0.5, 0.6) is 0 Å². The highest BCUT2D eigenvalue weighted by atomic mass is 16.3. The molecule has 1 aromatic heterocycles. The van der Waals surface area contributed by atoms with Crippen LogP contribution in [0.1, 0.15) is 37.5 Å². The van der Waals surface area contributed by atoms with Gasteiger partial charge in [0, 0.05) is 24.3 Å². The molecule has 0 aliphatic carbocycles. The number of aliphatic hydroxyl groups excluding tert-OH is 1. The smallest absolute Gasteiger partial charge is 0.247 e. The van der Waals surface area contributed by atoms with Crippen molar-refractivity contribution in [3.63, 3.8) is 0 Å². The van der Waals surface area contributed by atoms with Gasteiger partial charge in [0.15, 0.2) is 0 Å². The number of aliphatic hydroxyl groups is 1. The van der Waals surface area contributed by atoms with Crippen molar-refractivity contribution in [3.05, 3.63) is 70.1 Å². The van der Waals surface area contributed by atoms with E-state index in [0.29, 0.717) is 12.1 Å². The van der Waals surface area contributed by atoms with Crippen molar-refractivity contribution in [1.29, 1.82) is 0 Å². The maximum Gasteiger partial charge on any atom is 0.247 e. The highest BCUT2D eigenvalue weighted by Gasteiger charge is 2.19. The molecule has 22 heavy (non-hydrogen) atoms. The Morgan fingerprint density at radius 3 is 2.55 bits per heavy atom. The van der Waals surface area contributed by atoms with E-state index in [0.717, 1.165) is 12.8 Å². The second-order valence-corrected chi connectivity index (χ2v) is 6.25. The average Bonchev–Trinajstić information content (AvgIpc) is 2.53. The Bertz CT molecular complexity index is 615. The van der Waals surface area contributed by atoms with Crippen LogP contribution in [-0.4, -0.2) is 22.2 Å². The minimum Gasteiger partial charge on any atom is -0.387 e.